The maximum atomic E-state index is 11.0. The van der Waals surface area contributed by atoms with Gasteiger partial charge in [0.2, 0.25) is 0 Å². The Hall–Kier alpha value is -1.04. The molecule has 3 nitrogen and oxygen atoms in total. The summed E-state index contributed by atoms with van der Waals surface area (Å²) in [5.41, 5.74) is 0.233. The summed E-state index contributed by atoms with van der Waals surface area (Å²) in [5, 5.41) is 0.904. The molecule has 0 aliphatic rings. The van der Waals surface area contributed by atoms with Gasteiger partial charge in [-0.15, -0.1) is 0 Å². The summed E-state index contributed by atoms with van der Waals surface area (Å²) in [6.07, 6.45) is 1.01. The third kappa shape index (κ3) is 2.75. The van der Waals surface area contributed by atoms with Crippen molar-refractivity contribution in [1.82, 2.24) is 0 Å². The molecule has 2 rings (SSSR count). The molecule has 0 N–H and O–H groups in total. The van der Waals surface area contributed by atoms with Gasteiger partial charge < -0.3 is 9.15 Å². The van der Waals surface area contributed by atoms with Gasteiger partial charge in [0.25, 0.3) is 0 Å². The van der Waals surface area contributed by atoms with Crippen LogP contribution in [0.15, 0.2) is 39.5 Å². The fraction of sp³-hybridized carbons (Fsp3) is 0.250. The first kappa shape index (κ1) is 11.4. The lowest BCUT2D eigenvalue weighted by Gasteiger charge is -2.05. The molecule has 0 radical (unpaired) electrons. The summed E-state index contributed by atoms with van der Waals surface area (Å²) < 4.78 is 11.7. The van der Waals surface area contributed by atoms with Gasteiger partial charge in [0, 0.05) is 21.9 Å². The molecule has 0 saturated heterocycles. The molecular formula is C12H11IO3. The van der Waals surface area contributed by atoms with E-state index in [-0.39, 0.29) is 5.63 Å². The second kappa shape index (κ2) is 5.34. The molecule has 0 aliphatic heterocycles. The predicted molar refractivity (Wildman–Crippen MR) is 71.5 cm³/mol. The van der Waals surface area contributed by atoms with Gasteiger partial charge in [0.1, 0.15) is 11.3 Å². The molecule has 2 aromatic rings. The first-order valence-electron chi connectivity index (χ1n) is 5.02. The Balaban J connectivity index is 2.25. The maximum absolute atomic E-state index is 11.0. The van der Waals surface area contributed by atoms with E-state index < -0.39 is 0 Å². The fourth-order valence-electron chi connectivity index (χ4n) is 1.38. The highest BCUT2D eigenvalue weighted by molar-refractivity contribution is 14.1. The average molecular weight is 330 g/mol. The number of hydrogen-bond acceptors (Lipinski definition) is 3. The SMILES string of the molecule is O=c1ccc2ccc(OCCCI)cc2o1. The lowest BCUT2D eigenvalue weighted by molar-refractivity contribution is 0.319. The Bertz CT molecular complexity index is 533. The van der Waals surface area contributed by atoms with Crippen molar-refractivity contribution in [1.29, 1.82) is 0 Å². The van der Waals surface area contributed by atoms with Crippen LogP contribution >= 0.6 is 22.6 Å². The van der Waals surface area contributed by atoms with Crippen LogP contribution < -0.4 is 10.4 Å². The van der Waals surface area contributed by atoms with Crippen molar-refractivity contribution in [2.45, 2.75) is 6.42 Å². The lowest BCUT2D eigenvalue weighted by Crippen LogP contribution is -1.98. The molecular weight excluding hydrogens is 319 g/mol. The number of fused-ring (bicyclic) bond motifs is 1. The Kier molecular flexibility index (Phi) is 3.82. The molecule has 84 valence electrons. The fourth-order valence-corrected chi connectivity index (χ4v) is 1.69. The molecule has 1 heterocycles. The molecule has 1 aromatic heterocycles. The van der Waals surface area contributed by atoms with E-state index in [0.717, 1.165) is 22.0 Å². The van der Waals surface area contributed by atoms with E-state index in [0.29, 0.717) is 12.2 Å². The molecule has 0 aliphatic carbocycles. The molecule has 1 aromatic carbocycles. The molecule has 0 saturated carbocycles. The third-order valence-electron chi connectivity index (χ3n) is 2.14. The van der Waals surface area contributed by atoms with Gasteiger partial charge in [-0.2, -0.15) is 0 Å². The summed E-state index contributed by atoms with van der Waals surface area (Å²) >= 11 is 2.31. The summed E-state index contributed by atoms with van der Waals surface area (Å²) in [6, 6.07) is 8.69. The zero-order valence-electron chi connectivity index (χ0n) is 8.61. The highest BCUT2D eigenvalue weighted by Gasteiger charge is 1.99. The van der Waals surface area contributed by atoms with E-state index in [1.54, 1.807) is 12.1 Å². The van der Waals surface area contributed by atoms with Crippen molar-refractivity contribution in [3.8, 4) is 5.75 Å². The van der Waals surface area contributed by atoms with Crippen LogP contribution in [-0.2, 0) is 0 Å². The van der Waals surface area contributed by atoms with Crippen LogP contribution in [0, 0.1) is 0 Å². The number of alkyl halides is 1. The number of rotatable bonds is 4. The smallest absolute Gasteiger partial charge is 0.336 e. The first-order chi connectivity index (χ1) is 7.79. The van der Waals surface area contributed by atoms with Crippen molar-refractivity contribution in [3.05, 3.63) is 40.8 Å². The van der Waals surface area contributed by atoms with Crippen molar-refractivity contribution >= 4 is 33.6 Å². The molecule has 4 heteroatoms. The molecule has 16 heavy (non-hydrogen) atoms. The Morgan fingerprint density at radius 3 is 2.88 bits per heavy atom. The minimum absolute atomic E-state index is 0.336. The Morgan fingerprint density at radius 1 is 1.25 bits per heavy atom. The normalized spacial score (nSPS) is 10.6. The van der Waals surface area contributed by atoms with E-state index in [1.807, 2.05) is 12.1 Å². The predicted octanol–water partition coefficient (Wildman–Crippen LogP) is 3.00. The van der Waals surface area contributed by atoms with Crippen LogP contribution in [0.2, 0.25) is 0 Å². The second-order valence-electron chi connectivity index (χ2n) is 3.35. The largest absolute Gasteiger partial charge is 0.493 e. The third-order valence-corrected chi connectivity index (χ3v) is 2.90. The minimum atomic E-state index is -0.336. The van der Waals surface area contributed by atoms with Crippen LogP contribution in [0.1, 0.15) is 6.42 Å². The second-order valence-corrected chi connectivity index (χ2v) is 4.42. The molecule has 0 atom stereocenters. The van der Waals surface area contributed by atoms with E-state index in [9.17, 15) is 4.79 Å². The van der Waals surface area contributed by atoms with Crippen molar-refractivity contribution in [2.75, 3.05) is 11.0 Å². The van der Waals surface area contributed by atoms with Gasteiger partial charge in [-0.1, -0.05) is 22.6 Å². The van der Waals surface area contributed by atoms with Gasteiger partial charge >= 0.3 is 5.63 Å². The van der Waals surface area contributed by atoms with E-state index in [4.69, 9.17) is 9.15 Å². The summed E-state index contributed by atoms with van der Waals surface area (Å²) in [6.45, 7) is 0.686. The van der Waals surface area contributed by atoms with Gasteiger partial charge in [-0.25, -0.2) is 4.79 Å². The summed E-state index contributed by atoms with van der Waals surface area (Å²) in [7, 11) is 0. The quantitative estimate of drug-likeness (QED) is 0.374. The van der Waals surface area contributed by atoms with Crippen LogP contribution in [0.3, 0.4) is 0 Å². The minimum Gasteiger partial charge on any atom is -0.493 e. The van der Waals surface area contributed by atoms with Gasteiger partial charge in [-0.3, -0.25) is 0 Å². The number of hydrogen-bond donors (Lipinski definition) is 0. The van der Waals surface area contributed by atoms with Gasteiger partial charge in [0.05, 0.1) is 6.61 Å². The van der Waals surface area contributed by atoms with Crippen LogP contribution in [0.4, 0.5) is 0 Å². The number of ether oxygens (including phenoxy) is 1. The monoisotopic (exact) mass is 330 g/mol. The topological polar surface area (TPSA) is 39.4 Å². The molecule has 0 bridgehead atoms. The highest BCUT2D eigenvalue weighted by atomic mass is 127. The van der Waals surface area contributed by atoms with E-state index in [2.05, 4.69) is 22.6 Å². The highest BCUT2D eigenvalue weighted by Crippen LogP contribution is 2.19. The van der Waals surface area contributed by atoms with Crippen LogP contribution in [0.5, 0.6) is 5.75 Å². The molecule has 0 spiro atoms. The average Bonchev–Trinajstić information content (AvgIpc) is 2.29. The van der Waals surface area contributed by atoms with Crippen LogP contribution in [-0.4, -0.2) is 11.0 Å². The molecule has 0 amide bonds. The van der Waals surface area contributed by atoms with Crippen LogP contribution in [0.25, 0.3) is 11.0 Å². The van der Waals surface area contributed by atoms with E-state index in [1.165, 1.54) is 6.07 Å². The lowest BCUT2D eigenvalue weighted by atomic mass is 10.2. The standard InChI is InChI=1S/C12H11IO3/c13-6-1-7-15-10-4-2-9-3-5-12(14)16-11(9)8-10/h2-5,8H,1,6-7H2. The number of benzene rings is 1. The van der Waals surface area contributed by atoms with Crippen molar-refractivity contribution in [2.24, 2.45) is 0 Å². The molecule has 0 unspecified atom stereocenters. The molecule has 0 fully saturated rings. The Labute approximate surface area is 107 Å². The zero-order chi connectivity index (χ0) is 11.4. The first-order valence-corrected chi connectivity index (χ1v) is 6.55. The van der Waals surface area contributed by atoms with E-state index >= 15 is 0 Å². The summed E-state index contributed by atoms with van der Waals surface area (Å²) in [4.78, 5) is 11.0. The maximum Gasteiger partial charge on any atom is 0.336 e. The summed E-state index contributed by atoms with van der Waals surface area (Å²) in [5.74, 6) is 0.742. The Morgan fingerprint density at radius 2 is 2.06 bits per heavy atom. The number of halogens is 1. The zero-order valence-corrected chi connectivity index (χ0v) is 10.8. The van der Waals surface area contributed by atoms with Gasteiger partial charge in [0.15, 0.2) is 0 Å². The van der Waals surface area contributed by atoms with Crippen molar-refractivity contribution < 1.29 is 9.15 Å². The van der Waals surface area contributed by atoms with Gasteiger partial charge in [-0.05, 0) is 24.6 Å². The van der Waals surface area contributed by atoms with Crippen molar-refractivity contribution in [3.63, 3.8) is 0 Å².